The van der Waals surface area contributed by atoms with E-state index in [0.717, 1.165) is 19.3 Å². The normalized spacial score (nSPS) is 18.0. The zero-order valence-corrected chi connectivity index (χ0v) is 20.7. The van der Waals surface area contributed by atoms with Crippen molar-refractivity contribution in [2.24, 2.45) is 0 Å². The highest BCUT2D eigenvalue weighted by molar-refractivity contribution is 5.95. The molecule has 1 aliphatic rings. The maximum absolute atomic E-state index is 14.6. The largest absolute Gasteiger partial charge is 0.444 e. The van der Waals surface area contributed by atoms with E-state index < -0.39 is 23.4 Å². The lowest BCUT2D eigenvalue weighted by Gasteiger charge is -2.31. The van der Waals surface area contributed by atoms with Gasteiger partial charge in [0.05, 0.1) is 16.6 Å². The monoisotopic (exact) mass is 494 g/mol. The van der Waals surface area contributed by atoms with E-state index in [4.69, 9.17) is 4.74 Å². The number of hydrogen-bond donors (Lipinski definition) is 3. The third kappa shape index (κ3) is 6.27. The lowest BCUT2D eigenvalue weighted by Crippen LogP contribution is -2.47. The van der Waals surface area contributed by atoms with E-state index in [1.165, 1.54) is 12.1 Å². The Hall–Kier alpha value is -3.75. The number of benzene rings is 2. The second-order valence-corrected chi connectivity index (χ2v) is 10.2. The smallest absolute Gasteiger partial charge is 0.407 e. The van der Waals surface area contributed by atoms with Crippen LogP contribution in [0.3, 0.4) is 0 Å². The van der Waals surface area contributed by atoms with E-state index in [9.17, 15) is 18.8 Å². The SMILES string of the molecule is CC(C)(C)OC(=O)NC1CCCC(NC(=O)c2cc(Cc3n[nH]c(=O)c4ccccc34)ccc2F)C1. The van der Waals surface area contributed by atoms with Gasteiger partial charge in [-0.25, -0.2) is 14.3 Å². The summed E-state index contributed by atoms with van der Waals surface area (Å²) >= 11 is 0. The molecule has 1 aromatic heterocycles. The molecule has 8 nitrogen and oxygen atoms in total. The van der Waals surface area contributed by atoms with Crippen LogP contribution in [0.1, 0.15) is 68.1 Å². The number of carbonyl (C=O) groups is 2. The Morgan fingerprint density at radius 1 is 1.08 bits per heavy atom. The molecule has 2 unspecified atom stereocenters. The third-order valence-electron chi connectivity index (χ3n) is 6.15. The highest BCUT2D eigenvalue weighted by Gasteiger charge is 2.27. The van der Waals surface area contributed by atoms with Gasteiger partial charge in [0.25, 0.3) is 11.5 Å². The molecule has 1 fully saturated rings. The molecule has 0 saturated heterocycles. The van der Waals surface area contributed by atoms with E-state index in [-0.39, 0.29) is 23.2 Å². The molecule has 9 heteroatoms. The standard InChI is InChI=1S/C27H31FN4O4/c1-27(2,3)36-26(35)30-18-8-6-7-17(15-18)29-24(33)21-13-16(11-12-22(21)28)14-23-19-9-4-5-10-20(19)25(34)32-31-23/h4-5,9-13,17-18H,6-8,14-15H2,1-3H3,(H,29,33)(H,30,35)(H,32,34). The second kappa shape index (κ2) is 10.5. The summed E-state index contributed by atoms with van der Waals surface area (Å²) in [5.74, 6) is -1.12. The number of amides is 2. The molecule has 1 aliphatic carbocycles. The van der Waals surface area contributed by atoms with Gasteiger partial charge in [0.2, 0.25) is 0 Å². The quantitative estimate of drug-likeness (QED) is 0.492. The van der Waals surface area contributed by atoms with Crippen molar-refractivity contribution in [2.45, 2.75) is 70.6 Å². The van der Waals surface area contributed by atoms with Gasteiger partial charge in [-0.3, -0.25) is 9.59 Å². The van der Waals surface area contributed by atoms with Crippen molar-refractivity contribution in [1.29, 1.82) is 0 Å². The van der Waals surface area contributed by atoms with Crippen LogP contribution in [-0.2, 0) is 11.2 Å². The first-order valence-electron chi connectivity index (χ1n) is 12.1. The maximum Gasteiger partial charge on any atom is 0.407 e. The molecule has 2 aromatic carbocycles. The van der Waals surface area contributed by atoms with Crippen LogP contribution in [0.25, 0.3) is 10.8 Å². The van der Waals surface area contributed by atoms with Gasteiger partial charge < -0.3 is 15.4 Å². The molecule has 36 heavy (non-hydrogen) atoms. The minimum atomic E-state index is -0.616. The highest BCUT2D eigenvalue weighted by atomic mass is 19.1. The van der Waals surface area contributed by atoms with Gasteiger partial charge in [-0.15, -0.1) is 0 Å². The van der Waals surface area contributed by atoms with Gasteiger partial charge in [0, 0.05) is 23.9 Å². The van der Waals surface area contributed by atoms with Crippen molar-refractivity contribution in [3.63, 3.8) is 0 Å². The minimum absolute atomic E-state index is 0.0524. The number of nitrogens with one attached hydrogen (secondary N) is 3. The summed E-state index contributed by atoms with van der Waals surface area (Å²) in [7, 11) is 0. The summed E-state index contributed by atoms with van der Waals surface area (Å²) < 4.78 is 20.0. The van der Waals surface area contributed by atoms with Crippen molar-refractivity contribution in [1.82, 2.24) is 20.8 Å². The summed E-state index contributed by atoms with van der Waals surface area (Å²) in [5.41, 5.74) is 0.404. The number of rotatable bonds is 5. The lowest BCUT2D eigenvalue weighted by molar-refractivity contribution is 0.0489. The number of aromatic amines is 1. The Bertz CT molecular complexity index is 1330. The summed E-state index contributed by atoms with van der Waals surface area (Å²) in [6, 6.07) is 11.2. The minimum Gasteiger partial charge on any atom is -0.444 e. The molecule has 190 valence electrons. The van der Waals surface area contributed by atoms with Crippen LogP contribution < -0.4 is 16.2 Å². The lowest BCUT2D eigenvalue weighted by atomic mass is 9.90. The Morgan fingerprint density at radius 2 is 1.78 bits per heavy atom. The van der Waals surface area contributed by atoms with Crippen molar-refractivity contribution in [2.75, 3.05) is 0 Å². The average Bonchev–Trinajstić information content (AvgIpc) is 2.81. The van der Waals surface area contributed by atoms with Gasteiger partial charge in [0.1, 0.15) is 11.4 Å². The van der Waals surface area contributed by atoms with E-state index >= 15 is 0 Å². The zero-order chi connectivity index (χ0) is 25.9. The number of hydrogen-bond acceptors (Lipinski definition) is 5. The number of ether oxygens (including phenoxy) is 1. The fourth-order valence-electron chi connectivity index (χ4n) is 4.55. The summed E-state index contributed by atoms with van der Waals surface area (Å²) in [6.45, 7) is 5.40. The molecular formula is C27H31FN4O4. The summed E-state index contributed by atoms with van der Waals surface area (Å²) in [6.07, 6.45) is 2.73. The number of H-pyrrole nitrogens is 1. The predicted molar refractivity (Wildman–Crippen MR) is 134 cm³/mol. The van der Waals surface area contributed by atoms with Gasteiger partial charge in [-0.2, -0.15) is 5.10 Å². The van der Waals surface area contributed by atoms with Gasteiger partial charge in [0.15, 0.2) is 0 Å². The molecule has 3 aromatic rings. The number of aromatic nitrogens is 2. The molecule has 0 aliphatic heterocycles. The van der Waals surface area contributed by atoms with Crippen molar-refractivity contribution < 1.29 is 18.7 Å². The molecule has 1 heterocycles. The molecule has 2 atom stereocenters. The van der Waals surface area contributed by atoms with Crippen LogP contribution in [0.2, 0.25) is 0 Å². The van der Waals surface area contributed by atoms with E-state index in [1.807, 2.05) is 12.1 Å². The molecule has 0 bridgehead atoms. The molecule has 1 saturated carbocycles. The molecule has 4 rings (SSSR count). The number of carbonyl (C=O) groups excluding carboxylic acids is 2. The zero-order valence-electron chi connectivity index (χ0n) is 20.7. The Labute approximate surface area is 208 Å². The van der Waals surface area contributed by atoms with Crippen LogP contribution >= 0.6 is 0 Å². The van der Waals surface area contributed by atoms with Crippen LogP contribution in [-0.4, -0.2) is 39.9 Å². The summed E-state index contributed by atoms with van der Waals surface area (Å²) in [5, 5.41) is 13.7. The number of halogens is 1. The number of alkyl carbamates (subject to hydrolysis) is 1. The predicted octanol–water partition coefficient (Wildman–Crippen LogP) is 4.22. The fourth-order valence-corrected chi connectivity index (χ4v) is 4.55. The van der Waals surface area contributed by atoms with Gasteiger partial charge in [-0.1, -0.05) is 24.3 Å². The van der Waals surface area contributed by atoms with E-state index in [1.54, 1.807) is 39.0 Å². The molecule has 3 N–H and O–H groups in total. The van der Waals surface area contributed by atoms with Crippen LogP contribution in [0, 0.1) is 5.82 Å². The van der Waals surface area contributed by atoms with Crippen molar-refractivity contribution in [3.8, 4) is 0 Å². The van der Waals surface area contributed by atoms with Crippen LogP contribution in [0.15, 0.2) is 47.3 Å². The Morgan fingerprint density at radius 3 is 2.50 bits per heavy atom. The van der Waals surface area contributed by atoms with E-state index in [2.05, 4.69) is 20.8 Å². The number of fused-ring (bicyclic) bond motifs is 1. The second-order valence-electron chi connectivity index (χ2n) is 10.2. The molecule has 0 radical (unpaired) electrons. The maximum atomic E-state index is 14.6. The molecular weight excluding hydrogens is 463 g/mol. The first kappa shape index (κ1) is 25.3. The average molecular weight is 495 g/mol. The van der Waals surface area contributed by atoms with Crippen LogP contribution in [0.4, 0.5) is 9.18 Å². The van der Waals surface area contributed by atoms with Gasteiger partial charge >= 0.3 is 6.09 Å². The Kier molecular flexibility index (Phi) is 7.37. The van der Waals surface area contributed by atoms with Gasteiger partial charge in [-0.05, 0) is 70.2 Å². The first-order valence-corrected chi connectivity index (χ1v) is 12.1. The molecule has 0 spiro atoms. The first-order chi connectivity index (χ1) is 17.1. The third-order valence-corrected chi connectivity index (χ3v) is 6.15. The highest BCUT2D eigenvalue weighted by Crippen LogP contribution is 2.22. The van der Waals surface area contributed by atoms with Crippen molar-refractivity contribution in [3.05, 3.63) is 75.5 Å². The van der Waals surface area contributed by atoms with Crippen molar-refractivity contribution >= 4 is 22.8 Å². The summed E-state index contributed by atoms with van der Waals surface area (Å²) in [4.78, 5) is 37.2. The fraction of sp³-hybridized carbons (Fsp3) is 0.407. The van der Waals surface area contributed by atoms with E-state index in [0.29, 0.717) is 34.9 Å². The Balaban J connectivity index is 1.44. The molecule has 2 amide bonds. The number of nitrogens with zero attached hydrogens (tertiary/aromatic N) is 1. The topological polar surface area (TPSA) is 113 Å². The van der Waals surface area contributed by atoms with Crippen LogP contribution in [0.5, 0.6) is 0 Å².